The largest absolute Gasteiger partial charge is 0.481 e. The van der Waals surface area contributed by atoms with E-state index in [4.69, 9.17) is 21.4 Å². The molecule has 1 aliphatic rings. The number of carboxylic acid groups (broad SMARTS) is 1. The first-order valence-corrected chi connectivity index (χ1v) is 11.2. The van der Waals surface area contributed by atoms with Crippen LogP contribution in [0.5, 0.6) is 11.5 Å². The van der Waals surface area contributed by atoms with Gasteiger partial charge in [-0.25, -0.2) is 4.79 Å². The lowest BCUT2D eigenvalue weighted by Crippen LogP contribution is -2.40. The molecule has 1 fully saturated rings. The quantitative estimate of drug-likeness (QED) is 0.457. The Morgan fingerprint density at radius 3 is 2.33 bits per heavy atom. The van der Waals surface area contributed by atoms with Gasteiger partial charge in [-0.1, -0.05) is 48.0 Å². The minimum absolute atomic E-state index is 0.0989. The van der Waals surface area contributed by atoms with Crippen molar-refractivity contribution in [2.24, 2.45) is 0 Å². The highest BCUT2D eigenvalue weighted by molar-refractivity contribution is 6.32. The molecule has 1 aliphatic heterocycles. The number of amides is 2. The Balaban J connectivity index is 1.30. The number of nitrogens with zero attached hydrogens (tertiary/aromatic N) is 1. The molecular formula is C26H25ClN2O4. The summed E-state index contributed by atoms with van der Waals surface area (Å²) in [7, 11) is 0. The summed E-state index contributed by atoms with van der Waals surface area (Å²) in [5.41, 5.74) is 2.62. The van der Waals surface area contributed by atoms with E-state index in [-0.39, 0.29) is 12.5 Å². The van der Waals surface area contributed by atoms with Crippen LogP contribution in [0.2, 0.25) is 5.02 Å². The molecule has 2 amide bonds. The van der Waals surface area contributed by atoms with Crippen LogP contribution in [0.25, 0.3) is 0 Å². The molecule has 3 aromatic rings. The molecule has 0 atom stereocenters. The number of aliphatic carboxylic acids is 1. The average Bonchev–Trinajstić information content (AvgIpc) is 2.82. The SMILES string of the molecule is O=C(O)Cc1ccc(Oc2ccc(NC(=O)N3CCC(c4ccccc4)CC3)cc2)c(Cl)c1. The zero-order valence-electron chi connectivity index (χ0n) is 18.0. The van der Waals surface area contributed by atoms with E-state index in [1.165, 1.54) is 5.56 Å². The molecule has 2 N–H and O–H groups in total. The second-order valence-electron chi connectivity index (χ2n) is 8.06. The minimum Gasteiger partial charge on any atom is -0.481 e. The number of benzene rings is 3. The van der Waals surface area contributed by atoms with E-state index in [2.05, 4.69) is 29.6 Å². The maximum atomic E-state index is 12.7. The third kappa shape index (κ3) is 6.05. The monoisotopic (exact) mass is 464 g/mol. The molecule has 0 radical (unpaired) electrons. The van der Waals surface area contributed by atoms with Crippen LogP contribution in [0.1, 0.15) is 29.9 Å². The van der Waals surface area contributed by atoms with Gasteiger partial charge in [0.25, 0.3) is 0 Å². The van der Waals surface area contributed by atoms with Crippen LogP contribution in [0, 0.1) is 0 Å². The molecule has 0 spiro atoms. The van der Waals surface area contributed by atoms with Gasteiger partial charge in [-0.3, -0.25) is 4.79 Å². The summed E-state index contributed by atoms with van der Waals surface area (Å²) in [4.78, 5) is 25.3. The van der Waals surface area contributed by atoms with Crippen molar-refractivity contribution in [3.63, 3.8) is 0 Å². The number of ether oxygens (including phenoxy) is 1. The number of rotatable bonds is 6. The first-order valence-electron chi connectivity index (χ1n) is 10.9. The van der Waals surface area contributed by atoms with Crippen molar-refractivity contribution in [1.29, 1.82) is 0 Å². The zero-order chi connectivity index (χ0) is 23.2. The van der Waals surface area contributed by atoms with Gasteiger partial charge in [0.15, 0.2) is 0 Å². The highest BCUT2D eigenvalue weighted by atomic mass is 35.5. The van der Waals surface area contributed by atoms with E-state index in [0.717, 1.165) is 25.9 Å². The van der Waals surface area contributed by atoms with E-state index in [0.29, 0.717) is 33.7 Å². The van der Waals surface area contributed by atoms with Crippen LogP contribution >= 0.6 is 11.6 Å². The van der Waals surface area contributed by atoms with Crippen LogP contribution in [-0.4, -0.2) is 35.1 Å². The maximum Gasteiger partial charge on any atom is 0.321 e. The molecule has 0 unspecified atom stereocenters. The van der Waals surface area contributed by atoms with Crippen molar-refractivity contribution >= 4 is 29.3 Å². The first kappa shape index (κ1) is 22.7. The number of likely N-dealkylation sites (tertiary alicyclic amines) is 1. The summed E-state index contributed by atoms with van der Waals surface area (Å²) in [6, 6.07) is 22.3. The fourth-order valence-electron chi connectivity index (χ4n) is 3.99. The Labute approximate surface area is 197 Å². The van der Waals surface area contributed by atoms with Crippen LogP contribution in [0.4, 0.5) is 10.5 Å². The lowest BCUT2D eigenvalue weighted by molar-refractivity contribution is -0.136. The number of nitrogens with one attached hydrogen (secondary N) is 1. The van der Waals surface area contributed by atoms with Gasteiger partial charge >= 0.3 is 12.0 Å². The van der Waals surface area contributed by atoms with E-state index in [1.807, 2.05) is 11.0 Å². The Morgan fingerprint density at radius 1 is 1.00 bits per heavy atom. The second kappa shape index (κ2) is 10.4. The number of anilines is 1. The fourth-order valence-corrected chi connectivity index (χ4v) is 4.23. The van der Waals surface area contributed by atoms with Gasteiger partial charge in [-0.15, -0.1) is 0 Å². The Morgan fingerprint density at radius 2 is 1.70 bits per heavy atom. The molecule has 3 aromatic carbocycles. The molecule has 0 aromatic heterocycles. The minimum atomic E-state index is -0.919. The lowest BCUT2D eigenvalue weighted by atomic mass is 9.90. The van der Waals surface area contributed by atoms with Gasteiger partial charge in [-0.05, 0) is 66.3 Å². The van der Waals surface area contributed by atoms with E-state index in [1.54, 1.807) is 42.5 Å². The highest BCUT2D eigenvalue weighted by Crippen LogP contribution is 2.31. The van der Waals surface area contributed by atoms with E-state index < -0.39 is 5.97 Å². The van der Waals surface area contributed by atoms with Crippen LogP contribution in [-0.2, 0) is 11.2 Å². The molecule has 1 heterocycles. The predicted octanol–water partition coefficient (Wildman–Crippen LogP) is 6.17. The number of hydrogen-bond acceptors (Lipinski definition) is 3. The van der Waals surface area contributed by atoms with Gasteiger partial charge in [0.1, 0.15) is 11.5 Å². The topological polar surface area (TPSA) is 78.9 Å². The Hall–Kier alpha value is -3.51. The molecule has 0 saturated carbocycles. The summed E-state index contributed by atoms with van der Waals surface area (Å²) < 4.78 is 5.80. The molecule has 4 rings (SSSR count). The van der Waals surface area contributed by atoms with Gasteiger partial charge in [0.2, 0.25) is 0 Å². The molecule has 6 nitrogen and oxygen atoms in total. The molecule has 170 valence electrons. The van der Waals surface area contributed by atoms with Crippen molar-refractivity contribution in [1.82, 2.24) is 4.90 Å². The zero-order valence-corrected chi connectivity index (χ0v) is 18.8. The van der Waals surface area contributed by atoms with Crippen molar-refractivity contribution in [3.05, 3.63) is 88.9 Å². The summed E-state index contributed by atoms with van der Waals surface area (Å²) in [6.07, 6.45) is 1.81. The van der Waals surface area contributed by atoms with Gasteiger partial charge < -0.3 is 20.1 Å². The van der Waals surface area contributed by atoms with Crippen molar-refractivity contribution in [2.45, 2.75) is 25.2 Å². The van der Waals surface area contributed by atoms with Crippen molar-refractivity contribution < 1.29 is 19.4 Å². The maximum absolute atomic E-state index is 12.7. The van der Waals surface area contributed by atoms with Crippen molar-refractivity contribution in [3.8, 4) is 11.5 Å². The van der Waals surface area contributed by atoms with Crippen LogP contribution in [0.15, 0.2) is 72.8 Å². The molecule has 1 saturated heterocycles. The number of urea groups is 1. The van der Waals surface area contributed by atoms with Crippen LogP contribution in [0.3, 0.4) is 0 Å². The molecule has 33 heavy (non-hydrogen) atoms. The predicted molar refractivity (Wildman–Crippen MR) is 128 cm³/mol. The van der Waals surface area contributed by atoms with Crippen LogP contribution < -0.4 is 10.1 Å². The molecule has 0 aliphatic carbocycles. The Bertz CT molecular complexity index is 1110. The lowest BCUT2D eigenvalue weighted by Gasteiger charge is -2.32. The number of carboxylic acids is 1. The first-order chi connectivity index (χ1) is 16.0. The van der Waals surface area contributed by atoms with E-state index >= 15 is 0 Å². The van der Waals surface area contributed by atoms with Gasteiger partial charge in [-0.2, -0.15) is 0 Å². The number of halogens is 1. The normalized spacial score (nSPS) is 14.0. The third-order valence-electron chi connectivity index (χ3n) is 5.74. The number of hydrogen-bond donors (Lipinski definition) is 2. The third-order valence-corrected chi connectivity index (χ3v) is 6.03. The standard InChI is InChI=1S/C26H25ClN2O4/c27-23-16-18(17-25(30)31)6-11-24(23)33-22-9-7-21(8-10-22)28-26(32)29-14-12-20(13-15-29)19-4-2-1-3-5-19/h1-11,16,20H,12-15,17H2,(H,28,32)(H,30,31). The molecular weight excluding hydrogens is 440 g/mol. The number of carbonyl (C=O) groups excluding carboxylic acids is 1. The molecule has 0 bridgehead atoms. The average molecular weight is 465 g/mol. The van der Waals surface area contributed by atoms with E-state index in [9.17, 15) is 9.59 Å². The smallest absolute Gasteiger partial charge is 0.321 e. The van der Waals surface area contributed by atoms with Gasteiger partial charge in [0.05, 0.1) is 11.4 Å². The summed E-state index contributed by atoms with van der Waals surface area (Å²) in [5.74, 6) is 0.572. The summed E-state index contributed by atoms with van der Waals surface area (Å²) in [6.45, 7) is 1.45. The number of carbonyl (C=O) groups is 2. The Kier molecular flexibility index (Phi) is 7.15. The molecule has 7 heteroatoms. The summed E-state index contributed by atoms with van der Waals surface area (Å²) in [5, 5.41) is 12.2. The fraction of sp³-hybridized carbons (Fsp3) is 0.231. The number of piperidine rings is 1. The van der Waals surface area contributed by atoms with Crippen molar-refractivity contribution in [2.75, 3.05) is 18.4 Å². The summed E-state index contributed by atoms with van der Waals surface area (Å²) >= 11 is 6.22. The highest BCUT2D eigenvalue weighted by Gasteiger charge is 2.23. The van der Waals surface area contributed by atoms with Gasteiger partial charge in [0, 0.05) is 18.8 Å². The second-order valence-corrected chi connectivity index (χ2v) is 8.47.